The number of hydrogen-bond donors (Lipinski definition) is 1. The monoisotopic (exact) mass is 465 g/mol. The molecule has 1 fully saturated rings. The Hall–Kier alpha value is -2.29. The van der Waals surface area contributed by atoms with Gasteiger partial charge in [-0.15, -0.1) is 0 Å². The molecule has 0 spiro atoms. The Kier molecular flexibility index (Phi) is 8.17. The molecule has 31 heavy (non-hydrogen) atoms. The van der Waals surface area contributed by atoms with Crippen LogP contribution in [0, 0.1) is 6.92 Å². The van der Waals surface area contributed by atoms with Crippen LogP contribution in [-0.2, 0) is 14.8 Å². The minimum absolute atomic E-state index is 0.00969. The number of anilines is 1. The number of ether oxygens (including phenoxy) is 1. The summed E-state index contributed by atoms with van der Waals surface area (Å²) in [7, 11) is -3.34. The molecule has 1 heterocycles. The summed E-state index contributed by atoms with van der Waals surface area (Å²) < 4.78 is 32.2. The predicted molar refractivity (Wildman–Crippen MR) is 123 cm³/mol. The van der Waals surface area contributed by atoms with Gasteiger partial charge in [0, 0.05) is 43.4 Å². The Labute approximate surface area is 189 Å². The lowest BCUT2D eigenvalue weighted by molar-refractivity contribution is -0.123. The van der Waals surface area contributed by atoms with Gasteiger partial charge in [-0.25, -0.2) is 8.42 Å². The van der Waals surface area contributed by atoms with Crippen LogP contribution in [0.5, 0.6) is 5.75 Å². The number of aryl methyl sites for hydroxylation is 1. The zero-order valence-corrected chi connectivity index (χ0v) is 19.2. The lowest BCUT2D eigenvalue weighted by Crippen LogP contribution is -2.49. The van der Waals surface area contributed by atoms with Gasteiger partial charge in [0.15, 0.2) is 6.61 Å². The first kappa shape index (κ1) is 23.4. The third-order valence-corrected chi connectivity index (χ3v) is 7.29. The lowest BCUT2D eigenvalue weighted by atomic mass is 10.2. The molecule has 3 rings (SSSR count). The highest BCUT2D eigenvalue weighted by Crippen LogP contribution is 2.19. The summed E-state index contributed by atoms with van der Waals surface area (Å²) in [5, 5.41) is 3.28. The molecule has 0 aliphatic carbocycles. The van der Waals surface area contributed by atoms with E-state index in [9.17, 15) is 13.2 Å². The Balaban J connectivity index is 1.35. The fraction of sp³-hybridized carbons (Fsp3) is 0.409. The first-order chi connectivity index (χ1) is 14.8. The quantitative estimate of drug-likeness (QED) is 0.576. The number of halogens is 1. The number of sulfonamides is 1. The van der Waals surface area contributed by atoms with Gasteiger partial charge in [0.1, 0.15) is 5.75 Å². The zero-order chi connectivity index (χ0) is 22.3. The van der Waals surface area contributed by atoms with E-state index < -0.39 is 10.0 Å². The van der Waals surface area contributed by atoms with Gasteiger partial charge in [0.25, 0.3) is 5.91 Å². The fourth-order valence-corrected chi connectivity index (χ4v) is 5.00. The van der Waals surface area contributed by atoms with Crippen molar-refractivity contribution in [1.82, 2.24) is 9.62 Å². The van der Waals surface area contributed by atoms with Crippen molar-refractivity contribution in [3.8, 4) is 5.75 Å². The highest BCUT2D eigenvalue weighted by Gasteiger charge is 2.26. The lowest BCUT2D eigenvalue weighted by Gasteiger charge is -2.35. The van der Waals surface area contributed by atoms with Gasteiger partial charge in [-0.1, -0.05) is 23.7 Å². The van der Waals surface area contributed by atoms with Crippen molar-refractivity contribution in [3.63, 3.8) is 0 Å². The van der Waals surface area contributed by atoms with Crippen molar-refractivity contribution in [1.29, 1.82) is 0 Å². The minimum Gasteiger partial charge on any atom is -0.484 e. The molecule has 1 aliphatic rings. The summed E-state index contributed by atoms with van der Waals surface area (Å²) in [5.41, 5.74) is 2.31. The maximum Gasteiger partial charge on any atom is 0.257 e. The van der Waals surface area contributed by atoms with Gasteiger partial charge in [-0.05, 0) is 55.3 Å². The smallest absolute Gasteiger partial charge is 0.257 e. The molecular formula is C22H28ClN3O4S. The van der Waals surface area contributed by atoms with Crippen LogP contribution in [0.3, 0.4) is 0 Å². The van der Waals surface area contributed by atoms with Gasteiger partial charge < -0.3 is 15.0 Å². The van der Waals surface area contributed by atoms with E-state index in [1.165, 1.54) is 5.56 Å². The molecular weight excluding hydrogens is 438 g/mol. The number of carbonyl (C=O) groups is 1. The van der Waals surface area contributed by atoms with Crippen molar-refractivity contribution in [2.45, 2.75) is 13.3 Å². The Morgan fingerprint density at radius 1 is 1.10 bits per heavy atom. The van der Waals surface area contributed by atoms with E-state index in [4.69, 9.17) is 16.3 Å². The summed E-state index contributed by atoms with van der Waals surface area (Å²) in [6.45, 7) is 4.48. The van der Waals surface area contributed by atoms with Crippen LogP contribution in [0.25, 0.3) is 0 Å². The highest BCUT2D eigenvalue weighted by molar-refractivity contribution is 7.89. The van der Waals surface area contributed by atoms with Gasteiger partial charge in [-0.2, -0.15) is 4.31 Å². The van der Waals surface area contributed by atoms with Gasteiger partial charge >= 0.3 is 0 Å². The average Bonchev–Trinajstić information content (AvgIpc) is 2.76. The molecule has 2 aromatic rings. The van der Waals surface area contributed by atoms with Crippen molar-refractivity contribution in [3.05, 3.63) is 59.1 Å². The molecule has 1 saturated heterocycles. The second kappa shape index (κ2) is 10.8. The van der Waals surface area contributed by atoms with E-state index in [0.29, 0.717) is 43.4 Å². The maximum absolute atomic E-state index is 12.6. The van der Waals surface area contributed by atoms with E-state index in [1.807, 2.05) is 19.1 Å². The number of rotatable bonds is 9. The van der Waals surface area contributed by atoms with Crippen molar-refractivity contribution in [2.75, 3.05) is 50.0 Å². The standard InChI is InChI=1S/C22H28ClN3O4S/c1-18-4-2-5-20(16-18)25-11-13-26(14-12-25)31(28,29)15-3-10-24-22(27)17-30-21-8-6-19(23)7-9-21/h2,4-9,16H,3,10-15,17H2,1H3,(H,24,27). The molecule has 0 saturated carbocycles. The van der Waals surface area contributed by atoms with Crippen LogP contribution in [0.2, 0.25) is 5.02 Å². The number of amides is 1. The first-order valence-corrected chi connectivity index (χ1v) is 12.3. The van der Waals surface area contributed by atoms with Crippen molar-refractivity contribution >= 4 is 33.2 Å². The molecule has 0 atom stereocenters. The van der Waals surface area contributed by atoms with Gasteiger partial charge in [0.2, 0.25) is 10.0 Å². The van der Waals surface area contributed by atoms with E-state index in [1.54, 1.807) is 28.6 Å². The Morgan fingerprint density at radius 2 is 1.81 bits per heavy atom. The van der Waals surface area contributed by atoms with Crippen molar-refractivity contribution in [2.24, 2.45) is 0 Å². The van der Waals surface area contributed by atoms with Crippen LogP contribution in [0.1, 0.15) is 12.0 Å². The molecule has 0 radical (unpaired) electrons. The third-order valence-electron chi connectivity index (χ3n) is 5.08. The van der Waals surface area contributed by atoms with E-state index >= 15 is 0 Å². The number of carbonyl (C=O) groups excluding carboxylic acids is 1. The summed E-state index contributed by atoms with van der Waals surface area (Å²) in [6, 6.07) is 15.0. The van der Waals surface area contributed by atoms with Crippen LogP contribution in [0.15, 0.2) is 48.5 Å². The normalized spacial score (nSPS) is 15.0. The Morgan fingerprint density at radius 3 is 2.48 bits per heavy atom. The molecule has 2 aromatic carbocycles. The molecule has 1 amide bonds. The molecule has 1 aliphatic heterocycles. The third kappa shape index (κ3) is 7.12. The largest absolute Gasteiger partial charge is 0.484 e. The second-order valence-electron chi connectivity index (χ2n) is 7.49. The number of piperazine rings is 1. The molecule has 168 valence electrons. The molecule has 1 N–H and O–H groups in total. The fourth-order valence-electron chi connectivity index (χ4n) is 3.39. The zero-order valence-electron chi connectivity index (χ0n) is 17.6. The van der Waals surface area contributed by atoms with Crippen LogP contribution >= 0.6 is 11.6 Å². The van der Waals surface area contributed by atoms with E-state index in [-0.39, 0.29) is 24.8 Å². The van der Waals surface area contributed by atoms with Gasteiger partial charge in [-0.3, -0.25) is 4.79 Å². The number of benzene rings is 2. The molecule has 0 bridgehead atoms. The maximum atomic E-state index is 12.6. The molecule has 7 nitrogen and oxygen atoms in total. The highest BCUT2D eigenvalue weighted by atomic mass is 35.5. The van der Waals surface area contributed by atoms with Gasteiger partial charge in [0.05, 0.1) is 5.75 Å². The SMILES string of the molecule is Cc1cccc(N2CCN(S(=O)(=O)CCCNC(=O)COc3ccc(Cl)cc3)CC2)c1. The Bertz CT molecular complexity index is 975. The summed E-state index contributed by atoms with van der Waals surface area (Å²) in [6.07, 6.45) is 0.354. The van der Waals surface area contributed by atoms with E-state index in [0.717, 1.165) is 5.69 Å². The first-order valence-electron chi connectivity index (χ1n) is 10.3. The van der Waals surface area contributed by atoms with Crippen LogP contribution in [0.4, 0.5) is 5.69 Å². The van der Waals surface area contributed by atoms with Crippen LogP contribution < -0.4 is 15.0 Å². The average molecular weight is 466 g/mol. The number of hydrogen-bond acceptors (Lipinski definition) is 5. The summed E-state index contributed by atoms with van der Waals surface area (Å²) in [5.74, 6) is 0.265. The van der Waals surface area contributed by atoms with Crippen molar-refractivity contribution < 1.29 is 17.9 Å². The van der Waals surface area contributed by atoms with E-state index in [2.05, 4.69) is 22.3 Å². The molecule has 0 aromatic heterocycles. The number of nitrogens with zero attached hydrogens (tertiary/aromatic N) is 2. The minimum atomic E-state index is -3.34. The molecule has 0 unspecified atom stereocenters. The van der Waals surface area contributed by atoms with Crippen LogP contribution in [-0.4, -0.2) is 63.7 Å². The topological polar surface area (TPSA) is 79.0 Å². The number of nitrogens with one attached hydrogen (secondary N) is 1. The summed E-state index contributed by atoms with van der Waals surface area (Å²) >= 11 is 5.80. The second-order valence-corrected chi connectivity index (χ2v) is 10.0. The molecule has 9 heteroatoms. The predicted octanol–water partition coefficient (Wildman–Crippen LogP) is 2.69. The summed E-state index contributed by atoms with van der Waals surface area (Å²) in [4.78, 5) is 14.1.